The van der Waals surface area contributed by atoms with Gasteiger partial charge >= 0.3 is 0 Å². The lowest BCUT2D eigenvalue weighted by atomic mass is 9.71. The van der Waals surface area contributed by atoms with Crippen LogP contribution >= 0.6 is 0 Å². The Kier molecular flexibility index (Phi) is 3.56. The van der Waals surface area contributed by atoms with Crippen LogP contribution in [0, 0.1) is 0 Å². The van der Waals surface area contributed by atoms with Crippen molar-refractivity contribution in [2.45, 2.75) is 70.6 Å². The molecule has 0 aliphatic carbocycles. The van der Waals surface area contributed by atoms with Gasteiger partial charge in [-0.05, 0) is 54.0 Å². The van der Waals surface area contributed by atoms with Gasteiger partial charge in [-0.2, -0.15) is 0 Å². The third-order valence-electron chi connectivity index (χ3n) is 3.96. The molecule has 1 aliphatic heterocycles. The molecule has 0 radical (unpaired) electrons. The van der Waals surface area contributed by atoms with E-state index in [1.807, 2.05) is 6.08 Å². The van der Waals surface area contributed by atoms with E-state index in [9.17, 15) is 5.11 Å². The number of nitrogens with zero attached hydrogens (tertiary/aromatic N) is 1. The Hall–Kier alpha value is -0.340. The van der Waals surface area contributed by atoms with Gasteiger partial charge in [0.05, 0.1) is 5.60 Å². The summed E-state index contributed by atoms with van der Waals surface area (Å²) in [6.45, 7) is 10.9. The molecule has 0 amide bonds. The molecule has 1 aliphatic rings. The molecule has 0 aromatic rings. The molecule has 0 aromatic carbocycles. The van der Waals surface area contributed by atoms with Crippen molar-refractivity contribution in [3.8, 4) is 0 Å². The molecule has 94 valence electrons. The lowest BCUT2D eigenvalue weighted by molar-refractivity contribution is -0.0999. The summed E-state index contributed by atoms with van der Waals surface area (Å²) in [6.07, 6.45) is 6.67. The number of hydrogen-bond acceptors (Lipinski definition) is 2. The van der Waals surface area contributed by atoms with Gasteiger partial charge in [-0.15, -0.1) is 0 Å². The minimum atomic E-state index is -0.643. The van der Waals surface area contributed by atoms with Gasteiger partial charge in [0.15, 0.2) is 0 Å². The molecule has 1 heterocycles. The molecule has 1 saturated heterocycles. The van der Waals surface area contributed by atoms with E-state index in [0.717, 1.165) is 19.3 Å². The molecule has 0 unspecified atom stereocenters. The molecular formula is C14H27NO. The van der Waals surface area contributed by atoms with E-state index in [2.05, 4.69) is 52.6 Å². The topological polar surface area (TPSA) is 23.5 Å². The maximum atomic E-state index is 10.7. The normalized spacial score (nSPS) is 28.4. The lowest BCUT2D eigenvalue weighted by Gasteiger charge is -2.56. The molecule has 16 heavy (non-hydrogen) atoms. The van der Waals surface area contributed by atoms with Crippen LogP contribution in [0.4, 0.5) is 0 Å². The summed E-state index contributed by atoms with van der Waals surface area (Å²) in [5.41, 5.74) is -0.571. The summed E-state index contributed by atoms with van der Waals surface area (Å²) in [6, 6.07) is 0. The first-order valence-corrected chi connectivity index (χ1v) is 6.27. The number of aliphatic hydroxyl groups is 1. The molecule has 0 bridgehead atoms. The Morgan fingerprint density at radius 1 is 1.12 bits per heavy atom. The van der Waals surface area contributed by atoms with Crippen LogP contribution < -0.4 is 0 Å². The van der Waals surface area contributed by atoms with E-state index in [1.54, 1.807) is 0 Å². The van der Waals surface area contributed by atoms with Gasteiger partial charge in [-0.1, -0.05) is 19.1 Å². The molecule has 1 N–H and O–H groups in total. The van der Waals surface area contributed by atoms with Gasteiger partial charge in [-0.25, -0.2) is 0 Å². The van der Waals surface area contributed by atoms with Crippen molar-refractivity contribution in [3.63, 3.8) is 0 Å². The molecule has 0 atom stereocenters. The Morgan fingerprint density at radius 3 is 1.94 bits per heavy atom. The van der Waals surface area contributed by atoms with Gasteiger partial charge in [0.25, 0.3) is 0 Å². The SMILES string of the molecule is CC/C=C/C1(O)CC(C)(C)N(C)C(C)(C)C1. The van der Waals surface area contributed by atoms with Crippen molar-refractivity contribution >= 4 is 0 Å². The third-order valence-corrected chi connectivity index (χ3v) is 3.96. The number of hydrogen-bond donors (Lipinski definition) is 1. The van der Waals surface area contributed by atoms with Crippen LogP contribution in [0.5, 0.6) is 0 Å². The van der Waals surface area contributed by atoms with Crippen molar-refractivity contribution in [2.24, 2.45) is 0 Å². The zero-order valence-electron chi connectivity index (χ0n) is 11.7. The van der Waals surface area contributed by atoms with Crippen LogP contribution in [0.2, 0.25) is 0 Å². The molecule has 1 fully saturated rings. The average molecular weight is 225 g/mol. The number of piperidine rings is 1. The van der Waals surface area contributed by atoms with E-state index < -0.39 is 5.60 Å². The standard InChI is InChI=1S/C14H27NO/c1-7-8-9-14(16)10-12(2,3)15(6)13(4,5)11-14/h8-9,16H,7,10-11H2,1-6H3/b9-8+. The Bertz CT molecular complexity index is 260. The molecule has 2 nitrogen and oxygen atoms in total. The average Bonchev–Trinajstić information content (AvgIpc) is 2.10. The van der Waals surface area contributed by atoms with E-state index in [0.29, 0.717) is 0 Å². The van der Waals surface area contributed by atoms with Crippen LogP contribution in [0.15, 0.2) is 12.2 Å². The van der Waals surface area contributed by atoms with Crippen LogP contribution in [0.1, 0.15) is 53.9 Å². The minimum Gasteiger partial charge on any atom is -0.386 e. The Morgan fingerprint density at radius 2 is 1.56 bits per heavy atom. The van der Waals surface area contributed by atoms with Gasteiger partial charge in [0.2, 0.25) is 0 Å². The largest absolute Gasteiger partial charge is 0.386 e. The van der Waals surface area contributed by atoms with E-state index >= 15 is 0 Å². The van der Waals surface area contributed by atoms with Crippen LogP contribution in [-0.2, 0) is 0 Å². The van der Waals surface area contributed by atoms with Crippen molar-refractivity contribution in [2.75, 3.05) is 7.05 Å². The summed E-state index contributed by atoms with van der Waals surface area (Å²) in [5, 5.41) is 10.7. The number of likely N-dealkylation sites (tertiary alicyclic amines) is 1. The second kappa shape index (κ2) is 4.15. The monoisotopic (exact) mass is 225 g/mol. The smallest absolute Gasteiger partial charge is 0.0862 e. The highest BCUT2D eigenvalue weighted by molar-refractivity contribution is 5.13. The van der Waals surface area contributed by atoms with E-state index in [4.69, 9.17) is 0 Å². The first-order chi connectivity index (χ1) is 7.13. The van der Waals surface area contributed by atoms with Crippen LogP contribution in [0.3, 0.4) is 0 Å². The van der Waals surface area contributed by atoms with Gasteiger partial charge in [-0.3, -0.25) is 4.90 Å². The fourth-order valence-corrected chi connectivity index (χ4v) is 3.07. The second-order valence-corrected chi connectivity index (χ2v) is 6.45. The maximum Gasteiger partial charge on any atom is 0.0862 e. The number of allylic oxidation sites excluding steroid dienone is 1. The highest BCUT2D eigenvalue weighted by atomic mass is 16.3. The first-order valence-electron chi connectivity index (χ1n) is 6.27. The van der Waals surface area contributed by atoms with Crippen molar-refractivity contribution < 1.29 is 5.11 Å². The summed E-state index contributed by atoms with van der Waals surface area (Å²) in [4.78, 5) is 2.38. The van der Waals surface area contributed by atoms with Crippen LogP contribution in [-0.4, -0.2) is 33.7 Å². The van der Waals surface area contributed by atoms with E-state index in [1.165, 1.54) is 0 Å². The third kappa shape index (κ3) is 2.67. The maximum absolute atomic E-state index is 10.7. The quantitative estimate of drug-likeness (QED) is 0.730. The predicted molar refractivity (Wildman–Crippen MR) is 69.5 cm³/mol. The first kappa shape index (κ1) is 13.7. The summed E-state index contributed by atoms with van der Waals surface area (Å²) in [7, 11) is 2.16. The molecule has 1 rings (SSSR count). The fraction of sp³-hybridized carbons (Fsp3) is 0.857. The lowest BCUT2D eigenvalue weighted by Crippen LogP contribution is -2.63. The molecule has 2 heteroatoms. The highest BCUT2D eigenvalue weighted by Gasteiger charge is 2.48. The zero-order chi connectivity index (χ0) is 12.6. The second-order valence-electron chi connectivity index (χ2n) is 6.45. The van der Waals surface area contributed by atoms with Gasteiger partial charge < -0.3 is 5.11 Å². The summed E-state index contributed by atoms with van der Waals surface area (Å²) >= 11 is 0. The Balaban J connectivity index is 2.98. The Labute approximate surface area is 100 Å². The van der Waals surface area contributed by atoms with Crippen molar-refractivity contribution in [3.05, 3.63) is 12.2 Å². The van der Waals surface area contributed by atoms with Crippen molar-refractivity contribution in [1.29, 1.82) is 0 Å². The van der Waals surface area contributed by atoms with E-state index in [-0.39, 0.29) is 11.1 Å². The molecule has 0 spiro atoms. The zero-order valence-corrected chi connectivity index (χ0v) is 11.7. The fourth-order valence-electron chi connectivity index (χ4n) is 3.07. The minimum absolute atomic E-state index is 0.0363. The predicted octanol–water partition coefficient (Wildman–Crippen LogP) is 2.97. The van der Waals surface area contributed by atoms with Gasteiger partial charge in [0, 0.05) is 11.1 Å². The van der Waals surface area contributed by atoms with Gasteiger partial charge in [0.1, 0.15) is 0 Å². The molecule has 0 saturated carbocycles. The molecular weight excluding hydrogens is 198 g/mol. The summed E-state index contributed by atoms with van der Waals surface area (Å²) in [5.74, 6) is 0. The van der Waals surface area contributed by atoms with Crippen LogP contribution in [0.25, 0.3) is 0 Å². The molecule has 0 aromatic heterocycles. The highest BCUT2D eigenvalue weighted by Crippen LogP contribution is 2.42. The van der Waals surface area contributed by atoms with Crippen molar-refractivity contribution in [1.82, 2.24) is 4.90 Å². The summed E-state index contributed by atoms with van der Waals surface area (Å²) < 4.78 is 0. The number of rotatable bonds is 2.